The Hall–Kier alpha value is -1.18. The fraction of sp³-hybridized carbons (Fsp3) is 0.600. The summed E-state index contributed by atoms with van der Waals surface area (Å²) in [6.07, 6.45) is 1.18. The molecule has 1 N–H and O–H groups in total. The number of para-hydroxylation sites is 1. The summed E-state index contributed by atoms with van der Waals surface area (Å²) < 4.78 is 0. The van der Waals surface area contributed by atoms with Crippen LogP contribution < -0.4 is 10.2 Å². The van der Waals surface area contributed by atoms with Gasteiger partial charge < -0.3 is 10.2 Å². The second-order valence-electron chi connectivity index (χ2n) is 6.00. The largest absolute Gasteiger partial charge is 0.381 e. The summed E-state index contributed by atoms with van der Waals surface area (Å²) in [7, 11) is 2.21. The molecule has 1 aliphatic rings. The summed E-state index contributed by atoms with van der Waals surface area (Å²) in [4.78, 5) is 2.42. The van der Waals surface area contributed by atoms with Gasteiger partial charge in [0.05, 0.1) is 11.4 Å². The van der Waals surface area contributed by atoms with Crippen LogP contribution in [0.1, 0.15) is 39.7 Å². The zero-order valence-corrected chi connectivity index (χ0v) is 11.7. The second-order valence-corrected chi connectivity index (χ2v) is 6.00. The van der Waals surface area contributed by atoms with E-state index >= 15 is 0 Å². The Morgan fingerprint density at radius 3 is 2.65 bits per heavy atom. The van der Waals surface area contributed by atoms with Crippen LogP contribution in [-0.4, -0.2) is 19.6 Å². The minimum absolute atomic E-state index is 0.193. The lowest BCUT2D eigenvalue weighted by molar-refractivity contribution is 0.581. The number of hydrogen-bond donors (Lipinski definition) is 1. The predicted octanol–water partition coefficient (Wildman–Crippen LogP) is 3.62. The van der Waals surface area contributed by atoms with E-state index in [0.29, 0.717) is 6.04 Å². The Balaban J connectivity index is 2.48. The molecular formula is C15H24N2. The van der Waals surface area contributed by atoms with Crippen LogP contribution >= 0.6 is 0 Å². The van der Waals surface area contributed by atoms with Gasteiger partial charge in [0, 0.05) is 19.6 Å². The summed E-state index contributed by atoms with van der Waals surface area (Å²) in [6.45, 7) is 10.1. The van der Waals surface area contributed by atoms with Crippen LogP contribution in [-0.2, 0) is 5.41 Å². The molecule has 0 bridgehead atoms. The molecule has 94 valence electrons. The highest BCUT2D eigenvalue weighted by Crippen LogP contribution is 2.39. The van der Waals surface area contributed by atoms with Crippen molar-refractivity contribution in [1.29, 1.82) is 0 Å². The summed E-state index contributed by atoms with van der Waals surface area (Å²) >= 11 is 0. The third kappa shape index (κ3) is 2.13. The van der Waals surface area contributed by atoms with Crippen molar-refractivity contribution in [1.82, 2.24) is 0 Å². The molecule has 1 aromatic carbocycles. The van der Waals surface area contributed by atoms with E-state index in [1.165, 1.54) is 23.4 Å². The van der Waals surface area contributed by atoms with Gasteiger partial charge in [-0.05, 0) is 23.5 Å². The highest BCUT2D eigenvalue weighted by Gasteiger charge is 2.27. The molecule has 0 saturated carbocycles. The van der Waals surface area contributed by atoms with Gasteiger partial charge in [-0.15, -0.1) is 0 Å². The Kier molecular flexibility index (Phi) is 3.07. The number of nitrogens with one attached hydrogen (secondary N) is 1. The number of rotatable bonds is 1. The van der Waals surface area contributed by atoms with Crippen LogP contribution in [0.4, 0.5) is 11.4 Å². The predicted molar refractivity (Wildman–Crippen MR) is 76.1 cm³/mol. The number of benzene rings is 1. The number of hydrogen-bond acceptors (Lipinski definition) is 2. The molecule has 1 aromatic rings. The Morgan fingerprint density at radius 1 is 1.35 bits per heavy atom. The summed E-state index contributed by atoms with van der Waals surface area (Å²) in [5.41, 5.74) is 4.28. The molecule has 1 atom stereocenters. The lowest BCUT2D eigenvalue weighted by atomic mass is 9.84. The van der Waals surface area contributed by atoms with E-state index in [1.54, 1.807) is 0 Å². The third-order valence-electron chi connectivity index (χ3n) is 3.76. The van der Waals surface area contributed by atoms with Gasteiger partial charge in [-0.3, -0.25) is 0 Å². The molecule has 1 unspecified atom stereocenters. The molecule has 0 fully saturated rings. The zero-order valence-electron chi connectivity index (χ0n) is 11.7. The number of anilines is 2. The van der Waals surface area contributed by atoms with E-state index in [2.05, 4.69) is 63.2 Å². The van der Waals surface area contributed by atoms with Gasteiger partial charge in [0.1, 0.15) is 0 Å². The van der Waals surface area contributed by atoms with E-state index in [0.717, 1.165) is 6.54 Å². The number of nitrogens with zero attached hydrogens (tertiary/aromatic N) is 1. The molecule has 17 heavy (non-hydrogen) atoms. The summed E-state index contributed by atoms with van der Waals surface area (Å²) in [5.74, 6) is 0. The van der Waals surface area contributed by atoms with Gasteiger partial charge in [-0.25, -0.2) is 0 Å². The van der Waals surface area contributed by atoms with E-state index < -0.39 is 0 Å². The normalized spacial score (nSPS) is 19.8. The maximum Gasteiger partial charge on any atom is 0.0616 e. The zero-order chi connectivity index (χ0) is 12.6. The van der Waals surface area contributed by atoms with Crippen molar-refractivity contribution >= 4 is 11.4 Å². The molecule has 0 amide bonds. The first-order valence-electron chi connectivity index (χ1n) is 6.55. The first kappa shape index (κ1) is 12.3. The highest BCUT2D eigenvalue weighted by atomic mass is 15.2. The van der Waals surface area contributed by atoms with Crippen molar-refractivity contribution in [2.24, 2.45) is 0 Å². The van der Waals surface area contributed by atoms with Crippen molar-refractivity contribution in [3.05, 3.63) is 23.8 Å². The molecule has 0 aliphatic carbocycles. The van der Waals surface area contributed by atoms with E-state index in [1.807, 2.05) is 0 Å². The molecule has 0 aromatic heterocycles. The van der Waals surface area contributed by atoms with Crippen LogP contribution in [0, 0.1) is 0 Å². The first-order valence-corrected chi connectivity index (χ1v) is 6.55. The Labute approximate surface area is 105 Å². The fourth-order valence-electron chi connectivity index (χ4n) is 2.62. The van der Waals surface area contributed by atoms with Crippen molar-refractivity contribution in [3.63, 3.8) is 0 Å². The van der Waals surface area contributed by atoms with E-state index in [-0.39, 0.29) is 5.41 Å². The molecular weight excluding hydrogens is 208 g/mol. The quantitative estimate of drug-likeness (QED) is 0.795. The van der Waals surface area contributed by atoms with Gasteiger partial charge in [0.2, 0.25) is 0 Å². The SMILES string of the molecule is CCC1CNc2c(cccc2C(C)(C)C)N1C. The average Bonchev–Trinajstić information content (AvgIpc) is 2.28. The maximum atomic E-state index is 3.63. The van der Waals surface area contributed by atoms with Crippen LogP contribution in [0.25, 0.3) is 0 Å². The Morgan fingerprint density at radius 2 is 2.06 bits per heavy atom. The smallest absolute Gasteiger partial charge is 0.0616 e. The minimum Gasteiger partial charge on any atom is -0.381 e. The molecule has 2 nitrogen and oxygen atoms in total. The lowest BCUT2D eigenvalue weighted by Gasteiger charge is -2.39. The topological polar surface area (TPSA) is 15.3 Å². The monoisotopic (exact) mass is 232 g/mol. The number of likely N-dealkylation sites (N-methyl/N-ethyl adjacent to an activating group) is 1. The fourth-order valence-corrected chi connectivity index (χ4v) is 2.62. The van der Waals surface area contributed by atoms with Crippen molar-refractivity contribution in [2.45, 2.75) is 45.6 Å². The molecule has 1 aliphatic heterocycles. The van der Waals surface area contributed by atoms with Gasteiger partial charge in [-0.1, -0.05) is 39.8 Å². The number of fused-ring (bicyclic) bond motifs is 1. The molecule has 0 spiro atoms. The van der Waals surface area contributed by atoms with Crippen LogP contribution in [0.3, 0.4) is 0 Å². The molecule has 2 heteroatoms. The van der Waals surface area contributed by atoms with Gasteiger partial charge in [-0.2, -0.15) is 0 Å². The second kappa shape index (κ2) is 4.25. The maximum absolute atomic E-state index is 3.63. The molecule has 0 saturated heterocycles. The third-order valence-corrected chi connectivity index (χ3v) is 3.76. The lowest BCUT2D eigenvalue weighted by Crippen LogP contribution is -2.41. The van der Waals surface area contributed by atoms with E-state index in [4.69, 9.17) is 0 Å². The molecule has 0 radical (unpaired) electrons. The van der Waals surface area contributed by atoms with Crippen LogP contribution in [0.2, 0.25) is 0 Å². The first-order chi connectivity index (χ1) is 7.95. The minimum atomic E-state index is 0.193. The van der Waals surface area contributed by atoms with Gasteiger partial charge in [0.25, 0.3) is 0 Å². The van der Waals surface area contributed by atoms with Crippen LogP contribution in [0.5, 0.6) is 0 Å². The van der Waals surface area contributed by atoms with Crippen molar-refractivity contribution in [3.8, 4) is 0 Å². The summed E-state index contributed by atoms with van der Waals surface area (Å²) in [5, 5.41) is 3.63. The molecule has 1 heterocycles. The summed E-state index contributed by atoms with van der Waals surface area (Å²) in [6, 6.07) is 7.25. The highest BCUT2D eigenvalue weighted by molar-refractivity contribution is 5.77. The van der Waals surface area contributed by atoms with Crippen molar-refractivity contribution in [2.75, 3.05) is 23.8 Å². The van der Waals surface area contributed by atoms with E-state index in [9.17, 15) is 0 Å². The van der Waals surface area contributed by atoms with Gasteiger partial charge in [0.15, 0.2) is 0 Å². The van der Waals surface area contributed by atoms with Gasteiger partial charge >= 0.3 is 0 Å². The van der Waals surface area contributed by atoms with Crippen LogP contribution in [0.15, 0.2) is 18.2 Å². The standard InChI is InChI=1S/C15H24N2/c1-6-11-10-16-14-12(15(2,3)4)8-7-9-13(14)17(11)5/h7-9,11,16H,6,10H2,1-5H3. The average molecular weight is 232 g/mol. The van der Waals surface area contributed by atoms with Crippen molar-refractivity contribution < 1.29 is 0 Å². The Bertz CT molecular complexity index is 404. The molecule has 2 rings (SSSR count).